The molecule has 0 unspecified atom stereocenters. The van der Waals surface area contributed by atoms with Gasteiger partial charge in [0.15, 0.2) is 0 Å². The van der Waals surface area contributed by atoms with Crippen molar-refractivity contribution < 1.29 is 9.47 Å². The molecular formula is C5H11NO3. The molecule has 0 aliphatic carbocycles. The van der Waals surface area contributed by atoms with Crippen molar-refractivity contribution >= 4 is 0 Å². The first-order chi connectivity index (χ1) is 4.41. The van der Waals surface area contributed by atoms with Crippen LogP contribution in [0.1, 0.15) is 0 Å². The number of methoxy groups -OCH3 is 1. The first kappa shape index (κ1) is 8.52. The topological polar surface area (TPSA) is 47.9 Å². The average molecular weight is 133 g/mol. The lowest BCUT2D eigenvalue weighted by Gasteiger charge is -1.97. The minimum atomic E-state index is 0.226. The predicted octanol–water partition coefficient (Wildman–Crippen LogP) is 0.416. The lowest BCUT2D eigenvalue weighted by molar-refractivity contribution is 0.0747. The summed E-state index contributed by atoms with van der Waals surface area (Å²) in [4.78, 5) is 9.48. The van der Waals surface area contributed by atoms with Gasteiger partial charge in [0.2, 0.25) is 0 Å². The van der Waals surface area contributed by atoms with Gasteiger partial charge < -0.3 is 9.47 Å². The van der Waals surface area contributed by atoms with Crippen molar-refractivity contribution in [1.82, 2.24) is 0 Å². The standard InChI is InChI=1S/C5H11NO3/c1-8-4-5-9-3-2-6-7/h2-5H2,1H3. The van der Waals surface area contributed by atoms with Gasteiger partial charge in [0.1, 0.15) is 6.54 Å². The van der Waals surface area contributed by atoms with Gasteiger partial charge in [-0.05, 0) is 0 Å². The maximum Gasteiger partial charge on any atom is 0.104 e. The van der Waals surface area contributed by atoms with E-state index < -0.39 is 0 Å². The number of rotatable bonds is 6. The van der Waals surface area contributed by atoms with Crippen LogP contribution in [0.25, 0.3) is 0 Å². The Morgan fingerprint density at radius 1 is 1.33 bits per heavy atom. The fourth-order valence-electron chi connectivity index (χ4n) is 0.346. The highest BCUT2D eigenvalue weighted by Crippen LogP contribution is 1.75. The highest BCUT2D eigenvalue weighted by molar-refractivity contribution is 4.36. The van der Waals surface area contributed by atoms with E-state index in [1.165, 1.54) is 0 Å². The lowest BCUT2D eigenvalue weighted by Crippen LogP contribution is -2.04. The van der Waals surface area contributed by atoms with E-state index in [4.69, 9.17) is 4.74 Å². The Hall–Kier alpha value is -0.480. The Kier molecular flexibility index (Phi) is 7.12. The Morgan fingerprint density at radius 3 is 2.67 bits per heavy atom. The highest BCUT2D eigenvalue weighted by Gasteiger charge is 1.85. The molecule has 0 saturated heterocycles. The molecule has 0 N–H and O–H groups in total. The summed E-state index contributed by atoms with van der Waals surface area (Å²) in [5.41, 5.74) is 0. The van der Waals surface area contributed by atoms with Crippen molar-refractivity contribution in [1.29, 1.82) is 0 Å². The molecule has 0 fully saturated rings. The van der Waals surface area contributed by atoms with Crippen LogP contribution < -0.4 is 0 Å². The van der Waals surface area contributed by atoms with E-state index >= 15 is 0 Å². The van der Waals surface area contributed by atoms with Crippen molar-refractivity contribution in [3.05, 3.63) is 4.91 Å². The summed E-state index contributed by atoms with van der Waals surface area (Å²) in [5, 5.41) is 2.62. The molecule has 0 heterocycles. The van der Waals surface area contributed by atoms with Gasteiger partial charge >= 0.3 is 0 Å². The number of hydrogen-bond acceptors (Lipinski definition) is 4. The SMILES string of the molecule is COCCOCCN=O. The molecule has 0 aromatic heterocycles. The van der Waals surface area contributed by atoms with E-state index in [-0.39, 0.29) is 6.54 Å². The molecule has 0 atom stereocenters. The van der Waals surface area contributed by atoms with Crippen LogP contribution in [-0.4, -0.2) is 33.5 Å². The molecule has 0 aliphatic heterocycles. The first-order valence-corrected chi connectivity index (χ1v) is 2.77. The van der Waals surface area contributed by atoms with Gasteiger partial charge in [0.25, 0.3) is 0 Å². The zero-order valence-corrected chi connectivity index (χ0v) is 5.50. The van der Waals surface area contributed by atoms with E-state index in [2.05, 4.69) is 9.91 Å². The summed E-state index contributed by atoms with van der Waals surface area (Å²) >= 11 is 0. The monoisotopic (exact) mass is 133 g/mol. The van der Waals surface area contributed by atoms with Crippen molar-refractivity contribution in [2.24, 2.45) is 5.18 Å². The maximum atomic E-state index is 9.48. The minimum absolute atomic E-state index is 0.226. The third-order valence-electron chi connectivity index (χ3n) is 0.759. The molecule has 0 radical (unpaired) electrons. The van der Waals surface area contributed by atoms with E-state index in [1.54, 1.807) is 7.11 Å². The number of nitroso groups, excluding NO2 is 1. The Labute approximate surface area is 54.1 Å². The lowest BCUT2D eigenvalue weighted by atomic mass is 10.7. The van der Waals surface area contributed by atoms with Crippen molar-refractivity contribution in [2.75, 3.05) is 33.5 Å². The largest absolute Gasteiger partial charge is 0.382 e. The fraction of sp³-hybridized carbons (Fsp3) is 1.00. The van der Waals surface area contributed by atoms with Crippen molar-refractivity contribution in [3.63, 3.8) is 0 Å². The van der Waals surface area contributed by atoms with Crippen molar-refractivity contribution in [3.8, 4) is 0 Å². The highest BCUT2D eigenvalue weighted by atomic mass is 16.5. The van der Waals surface area contributed by atoms with E-state index in [0.29, 0.717) is 19.8 Å². The van der Waals surface area contributed by atoms with Crippen LogP contribution in [0.3, 0.4) is 0 Å². The molecule has 0 rings (SSSR count). The number of hydrogen-bond donors (Lipinski definition) is 0. The van der Waals surface area contributed by atoms with Gasteiger partial charge in [-0.25, -0.2) is 0 Å². The van der Waals surface area contributed by atoms with Crippen LogP contribution >= 0.6 is 0 Å². The fourth-order valence-corrected chi connectivity index (χ4v) is 0.346. The summed E-state index contributed by atoms with van der Waals surface area (Å²) < 4.78 is 9.58. The van der Waals surface area contributed by atoms with Crippen LogP contribution in [0.4, 0.5) is 0 Å². The summed E-state index contributed by atoms with van der Waals surface area (Å²) in [6, 6.07) is 0. The zero-order valence-electron chi connectivity index (χ0n) is 5.50. The molecule has 0 aromatic carbocycles. The quantitative estimate of drug-likeness (QED) is 0.389. The van der Waals surface area contributed by atoms with Gasteiger partial charge in [-0.2, -0.15) is 4.91 Å². The molecule has 54 valence electrons. The smallest absolute Gasteiger partial charge is 0.104 e. The summed E-state index contributed by atoms with van der Waals surface area (Å²) in [6.07, 6.45) is 0. The Balaban J connectivity index is 2.66. The van der Waals surface area contributed by atoms with Gasteiger partial charge in [0, 0.05) is 7.11 Å². The van der Waals surface area contributed by atoms with Gasteiger partial charge in [-0.3, -0.25) is 0 Å². The molecule has 0 aromatic rings. The van der Waals surface area contributed by atoms with Gasteiger partial charge in [-0.1, -0.05) is 5.18 Å². The number of nitrogens with zero attached hydrogens (tertiary/aromatic N) is 1. The molecule has 9 heavy (non-hydrogen) atoms. The molecule has 4 nitrogen and oxygen atoms in total. The van der Waals surface area contributed by atoms with Crippen LogP contribution in [0, 0.1) is 4.91 Å². The number of ether oxygens (including phenoxy) is 2. The van der Waals surface area contributed by atoms with Gasteiger partial charge in [0.05, 0.1) is 19.8 Å². The van der Waals surface area contributed by atoms with E-state index in [0.717, 1.165) is 0 Å². The molecule has 4 heteroatoms. The third kappa shape index (κ3) is 7.52. The third-order valence-corrected chi connectivity index (χ3v) is 0.759. The second-order valence-corrected chi connectivity index (χ2v) is 1.46. The van der Waals surface area contributed by atoms with Gasteiger partial charge in [-0.15, -0.1) is 0 Å². The second-order valence-electron chi connectivity index (χ2n) is 1.46. The second kappa shape index (κ2) is 7.52. The first-order valence-electron chi connectivity index (χ1n) is 2.77. The van der Waals surface area contributed by atoms with Crippen LogP contribution in [-0.2, 0) is 9.47 Å². The van der Waals surface area contributed by atoms with Crippen LogP contribution in [0.2, 0.25) is 0 Å². The molecule has 0 bridgehead atoms. The predicted molar refractivity (Wildman–Crippen MR) is 33.4 cm³/mol. The average Bonchev–Trinajstić information content (AvgIpc) is 1.89. The zero-order chi connectivity index (χ0) is 6.95. The molecule has 0 spiro atoms. The van der Waals surface area contributed by atoms with Crippen molar-refractivity contribution in [2.45, 2.75) is 0 Å². The minimum Gasteiger partial charge on any atom is -0.382 e. The molecular weight excluding hydrogens is 122 g/mol. The summed E-state index contributed by atoms with van der Waals surface area (Å²) in [7, 11) is 1.60. The summed E-state index contributed by atoms with van der Waals surface area (Å²) in [6.45, 7) is 1.72. The van der Waals surface area contributed by atoms with E-state index in [1.807, 2.05) is 0 Å². The Bertz CT molecular complexity index is 67.2. The van der Waals surface area contributed by atoms with E-state index in [9.17, 15) is 4.91 Å². The summed E-state index contributed by atoms with van der Waals surface area (Å²) in [5.74, 6) is 0. The van der Waals surface area contributed by atoms with Crippen LogP contribution in [0.15, 0.2) is 5.18 Å². The maximum absolute atomic E-state index is 9.48. The Morgan fingerprint density at radius 2 is 2.11 bits per heavy atom. The molecule has 0 saturated carbocycles. The van der Waals surface area contributed by atoms with Crippen LogP contribution in [0.5, 0.6) is 0 Å². The normalized spacial score (nSPS) is 9.44. The molecule has 0 aliphatic rings. The molecule has 0 amide bonds.